The monoisotopic (exact) mass is 601 g/mol. The van der Waals surface area contributed by atoms with Gasteiger partial charge in [-0.2, -0.15) is 0 Å². The summed E-state index contributed by atoms with van der Waals surface area (Å²) in [6.45, 7) is 4.66. The van der Waals surface area contributed by atoms with Gasteiger partial charge in [0.15, 0.2) is 0 Å². The van der Waals surface area contributed by atoms with E-state index >= 15 is 0 Å². The Balaban J connectivity index is 1.80. The molecule has 1 atom stereocenters. The molecule has 1 N–H and O–H groups in total. The van der Waals surface area contributed by atoms with Crippen molar-refractivity contribution in [2.75, 3.05) is 10.8 Å². The number of halogens is 1. The van der Waals surface area contributed by atoms with E-state index in [4.69, 9.17) is 0 Å². The Bertz CT molecular complexity index is 1630. The van der Waals surface area contributed by atoms with Crippen molar-refractivity contribution in [3.8, 4) is 0 Å². The van der Waals surface area contributed by atoms with Crippen molar-refractivity contribution in [1.29, 1.82) is 0 Å². The van der Waals surface area contributed by atoms with E-state index in [1.165, 1.54) is 23.1 Å². The van der Waals surface area contributed by atoms with Crippen LogP contribution in [0.25, 0.3) is 0 Å². The zero-order chi connectivity index (χ0) is 31.0. The molecule has 9 heteroatoms. The molecular formula is C34H36FN3O4S. The summed E-state index contributed by atoms with van der Waals surface area (Å²) in [6, 6.07) is 28.6. The number of carbonyl (C=O) groups excluding carboxylic acids is 2. The van der Waals surface area contributed by atoms with Gasteiger partial charge in [0.2, 0.25) is 11.8 Å². The topological polar surface area (TPSA) is 86.8 Å². The first-order valence-electron chi connectivity index (χ1n) is 14.1. The summed E-state index contributed by atoms with van der Waals surface area (Å²) in [5.41, 5.74) is 2.21. The molecule has 224 valence electrons. The second kappa shape index (κ2) is 14.1. The zero-order valence-electron chi connectivity index (χ0n) is 24.5. The van der Waals surface area contributed by atoms with Gasteiger partial charge in [-0.05, 0) is 56.7 Å². The van der Waals surface area contributed by atoms with Gasteiger partial charge in [-0.25, -0.2) is 12.8 Å². The van der Waals surface area contributed by atoms with Crippen LogP contribution in [0.3, 0.4) is 0 Å². The Hall–Kier alpha value is -4.50. The number of benzene rings is 4. The Morgan fingerprint density at radius 1 is 0.814 bits per heavy atom. The number of sulfonamides is 1. The van der Waals surface area contributed by atoms with Gasteiger partial charge in [-0.3, -0.25) is 13.9 Å². The molecule has 0 radical (unpaired) electrons. The third-order valence-corrected chi connectivity index (χ3v) is 8.72. The Labute approximate surface area is 253 Å². The van der Waals surface area contributed by atoms with Crippen molar-refractivity contribution in [3.63, 3.8) is 0 Å². The van der Waals surface area contributed by atoms with Gasteiger partial charge in [0.1, 0.15) is 18.4 Å². The molecular weight excluding hydrogens is 565 g/mol. The van der Waals surface area contributed by atoms with Gasteiger partial charge in [0, 0.05) is 24.6 Å². The summed E-state index contributed by atoms with van der Waals surface area (Å²) in [6.07, 6.45) is 0.148. The summed E-state index contributed by atoms with van der Waals surface area (Å²) in [7, 11) is -4.19. The first kappa shape index (κ1) is 31.4. The molecule has 4 aromatic carbocycles. The molecule has 0 heterocycles. The van der Waals surface area contributed by atoms with E-state index in [1.54, 1.807) is 60.7 Å². The third-order valence-electron chi connectivity index (χ3n) is 6.93. The Morgan fingerprint density at radius 3 is 2.00 bits per heavy atom. The van der Waals surface area contributed by atoms with Crippen LogP contribution >= 0.6 is 0 Å². The molecule has 43 heavy (non-hydrogen) atoms. The molecule has 0 unspecified atom stereocenters. The number of hydrogen-bond donors (Lipinski definition) is 1. The van der Waals surface area contributed by atoms with Crippen molar-refractivity contribution in [3.05, 3.63) is 132 Å². The second-order valence-electron chi connectivity index (χ2n) is 10.6. The summed E-state index contributed by atoms with van der Waals surface area (Å²) in [5.74, 6) is -1.60. The standard InChI is InChI=1S/C34H36FN3O4S/c1-25(2)36-34(40)32(22-27-12-6-4-7-13-27)37(23-28-14-10-11-17-31(28)35)33(39)24-38(29-20-18-26(3)19-21-29)43(41,42)30-15-8-5-9-16-30/h4-21,25,32H,22-24H2,1-3H3,(H,36,40)/t32-/m1/s1. The lowest BCUT2D eigenvalue weighted by Crippen LogP contribution is -2.54. The first-order chi connectivity index (χ1) is 20.6. The number of rotatable bonds is 12. The van der Waals surface area contributed by atoms with Crippen molar-refractivity contribution < 1.29 is 22.4 Å². The van der Waals surface area contributed by atoms with Gasteiger partial charge in [0.25, 0.3) is 10.0 Å². The first-order valence-corrected chi connectivity index (χ1v) is 15.5. The highest BCUT2D eigenvalue weighted by Gasteiger charge is 2.35. The van der Waals surface area contributed by atoms with Crippen LogP contribution in [-0.4, -0.2) is 43.8 Å². The molecule has 2 amide bonds. The molecule has 7 nitrogen and oxygen atoms in total. The highest BCUT2D eigenvalue weighted by Crippen LogP contribution is 2.25. The summed E-state index contributed by atoms with van der Waals surface area (Å²) < 4.78 is 43.9. The van der Waals surface area contributed by atoms with Crippen LogP contribution in [0.1, 0.15) is 30.5 Å². The van der Waals surface area contributed by atoms with Gasteiger partial charge in [0.05, 0.1) is 10.6 Å². The van der Waals surface area contributed by atoms with E-state index in [0.29, 0.717) is 5.69 Å². The molecule has 0 saturated heterocycles. The zero-order valence-corrected chi connectivity index (χ0v) is 25.3. The maximum atomic E-state index is 14.9. The fraction of sp³-hybridized carbons (Fsp3) is 0.235. The third kappa shape index (κ3) is 8.08. The minimum Gasteiger partial charge on any atom is -0.352 e. The minimum absolute atomic E-state index is 0.0161. The lowest BCUT2D eigenvalue weighted by Gasteiger charge is -2.34. The molecule has 0 aliphatic heterocycles. The lowest BCUT2D eigenvalue weighted by molar-refractivity contribution is -0.140. The molecule has 0 saturated carbocycles. The molecule has 4 rings (SSSR count). The van der Waals surface area contributed by atoms with Gasteiger partial charge >= 0.3 is 0 Å². The quantitative estimate of drug-likeness (QED) is 0.233. The molecule has 0 aromatic heterocycles. The highest BCUT2D eigenvalue weighted by molar-refractivity contribution is 7.92. The van der Waals surface area contributed by atoms with Crippen LogP contribution in [0, 0.1) is 12.7 Å². The van der Waals surface area contributed by atoms with Gasteiger partial charge in [-0.15, -0.1) is 0 Å². The number of nitrogens with one attached hydrogen (secondary N) is 1. The molecule has 0 aliphatic carbocycles. The average Bonchev–Trinajstić information content (AvgIpc) is 2.99. The maximum Gasteiger partial charge on any atom is 0.264 e. The van der Waals surface area contributed by atoms with Crippen LogP contribution < -0.4 is 9.62 Å². The largest absolute Gasteiger partial charge is 0.352 e. The number of hydrogen-bond acceptors (Lipinski definition) is 4. The maximum absolute atomic E-state index is 14.9. The number of anilines is 1. The summed E-state index contributed by atoms with van der Waals surface area (Å²) >= 11 is 0. The van der Waals surface area contributed by atoms with E-state index < -0.39 is 40.2 Å². The number of aryl methyl sites for hydroxylation is 1. The highest BCUT2D eigenvalue weighted by atomic mass is 32.2. The predicted octanol–water partition coefficient (Wildman–Crippen LogP) is 5.49. The summed E-state index contributed by atoms with van der Waals surface area (Å²) in [4.78, 5) is 29.3. The van der Waals surface area contributed by atoms with E-state index in [9.17, 15) is 22.4 Å². The number of carbonyl (C=O) groups is 2. The van der Waals surface area contributed by atoms with E-state index in [1.807, 2.05) is 51.1 Å². The molecule has 0 spiro atoms. The van der Waals surface area contributed by atoms with Crippen LogP contribution in [0.15, 0.2) is 114 Å². The van der Waals surface area contributed by atoms with Crippen LogP contribution in [0.5, 0.6) is 0 Å². The smallest absolute Gasteiger partial charge is 0.264 e. The van der Waals surface area contributed by atoms with Crippen molar-refractivity contribution >= 4 is 27.5 Å². The van der Waals surface area contributed by atoms with Gasteiger partial charge in [-0.1, -0.05) is 84.4 Å². The fourth-order valence-electron chi connectivity index (χ4n) is 4.70. The molecule has 0 aliphatic rings. The van der Waals surface area contributed by atoms with Crippen molar-refractivity contribution in [2.24, 2.45) is 0 Å². The molecule has 4 aromatic rings. The summed E-state index contributed by atoms with van der Waals surface area (Å²) in [5, 5.41) is 2.89. The predicted molar refractivity (Wildman–Crippen MR) is 166 cm³/mol. The second-order valence-corrected chi connectivity index (χ2v) is 12.5. The van der Waals surface area contributed by atoms with E-state index in [0.717, 1.165) is 15.4 Å². The van der Waals surface area contributed by atoms with Crippen LogP contribution in [0.2, 0.25) is 0 Å². The molecule has 0 bridgehead atoms. The SMILES string of the molecule is Cc1ccc(N(CC(=O)N(Cc2ccccc2F)[C@H](Cc2ccccc2)C(=O)NC(C)C)S(=O)(=O)c2ccccc2)cc1. The minimum atomic E-state index is -4.19. The normalized spacial score (nSPS) is 12.0. The van der Waals surface area contributed by atoms with Gasteiger partial charge < -0.3 is 10.2 Å². The van der Waals surface area contributed by atoms with Crippen LogP contribution in [0.4, 0.5) is 10.1 Å². The lowest BCUT2D eigenvalue weighted by atomic mass is 10.0. The Kier molecular flexibility index (Phi) is 10.3. The number of amides is 2. The number of nitrogens with zero attached hydrogens (tertiary/aromatic N) is 2. The van der Waals surface area contributed by atoms with Crippen LogP contribution in [-0.2, 0) is 32.6 Å². The van der Waals surface area contributed by atoms with Crippen molar-refractivity contribution in [2.45, 2.75) is 50.7 Å². The molecule has 0 fully saturated rings. The fourth-order valence-corrected chi connectivity index (χ4v) is 6.14. The average molecular weight is 602 g/mol. The van der Waals surface area contributed by atoms with E-state index in [-0.39, 0.29) is 29.5 Å². The van der Waals surface area contributed by atoms with Crippen molar-refractivity contribution in [1.82, 2.24) is 10.2 Å². The Morgan fingerprint density at radius 2 is 1.40 bits per heavy atom. The van der Waals surface area contributed by atoms with E-state index in [2.05, 4.69) is 5.32 Å².